The summed E-state index contributed by atoms with van der Waals surface area (Å²) in [5.41, 5.74) is 11.0. The third-order valence-electron chi connectivity index (χ3n) is 11.3. The van der Waals surface area contributed by atoms with E-state index < -0.39 is 0 Å². The molecule has 0 bridgehead atoms. The highest BCUT2D eigenvalue weighted by Gasteiger charge is 2.40. The van der Waals surface area contributed by atoms with Crippen molar-refractivity contribution in [2.45, 2.75) is 166 Å². The van der Waals surface area contributed by atoms with Gasteiger partial charge in [0.15, 0.2) is 0 Å². The summed E-state index contributed by atoms with van der Waals surface area (Å²) in [4.78, 5) is 0. The van der Waals surface area contributed by atoms with Crippen molar-refractivity contribution in [3.8, 4) is 0 Å². The van der Waals surface area contributed by atoms with Gasteiger partial charge in [-0.25, -0.2) is 0 Å². The van der Waals surface area contributed by atoms with Crippen molar-refractivity contribution in [1.29, 1.82) is 0 Å². The Balaban J connectivity index is 1.89. The topological polar surface area (TPSA) is 20.2 Å². The number of aliphatic hydroxyl groups is 1. The minimum absolute atomic E-state index is 0.0278. The average Bonchev–Trinajstić information content (AvgIpc) is 3.04. The van der Waals surface area contributed by atoms with E-state index in [1.807, 2.05) is 0 Å². The Labute approximate surface area is 316 Å². The first-order chi connectivity index (χ1) is 24.2. The van der Waals surface area contributed by atoms with E-state index in [4.69, 9.17) is 0 Å². The second-order valence-electron chi connectivity index (χ2n) is 16.9. The third-order valence-corrected chi connectivity index (χ3v) is 11.3. The Bertz CT molecular complexity index is 1430. The first kappa shape index (κ1) is 44.3. The molecule has 2 aliphatic rings. The van der Waals surface area contributed by atoms with Crippen molar-refractivity contribution in [2.75, 3.05) is 0 Å². The van der Waals surface area contributed by atoms with Gasteiger partial charge in [0.1, 0.15) is 0 Å². The Morgan fingerprint density at radius 1 is 0.627 bits per heavy atom. The Hall–Kier alpha value is -2.90. The van der Waals surface area contributed by atoms with Crippen molar-refractivity contribution in [3.63, 3.8) is 0 Å². The highest BCUT2D eigenvalue weighted by atomic mass is 16.3. The number of hydrogen-bond acceptors (Lipinski definition) is 1. The van der Waals surface area contributed by atoms with Crippen LogP contribution >= 0.6 is 0 Å². The lowest BCUT2D eigenvalue weighted by Gasteiger charge is -2.44. The molecule has 1 nitrogen and oxygen atoms in total. The lowest BCUT2D eigenvalue weighted by Crippen LogP contribution is -2.39. The van der Waals surface area contributed by atoms with Gasteiger partial charge in [0.05, 0.1) is 6.10 Å². The van der Waals surface area contributed by atoms with E-state index >= 15 is 0 Å². The molecule has 51 heavy (non-hydrogen) atoms. The molecule has 0 spiro atoms. The summed E-state index contributed by atoms with van der Waals surface area (Å²) in [6, 6.07) is 0. The minimum atomic E-state index is -0.235. The first-order valence-corrected chi connectivity index (χ1v) is 20.4. The molecular weight excluding hydrogens is 617 g/mol. The van der Waals surface area contributed by atoms with Gasteiger partial charge >= 0.3 is 0 Å². The van der Waals surface area contributed by atoms with Gasteiger partial charge in [-0.1, -0.05) is 204 Å². The molecule has 0 aromatic rings. The second kappa shape index (κ2) is 22.9. The number of rotatable bonds is 19. The van der Waals surface area contributed by atoms with E-state index in [0.29, 0.717) is 5.92 Å². The largest absolute Gasteiger partial charge is 0.392 e. The number of allylic oxidation sites excluding steroid dienone is 21. The van der Waals surface area contributed by atoms with Crippen LogP contribution in [-0.2, 0) is 0 Å². The standard InChI is InChI=1S/C50H76O/c1-12-13-14-15-16-17-18-19-32-47-48(51)38-44(7)46(50(47,10)11)36-34-42(5)30-23-28-40(3)26-21-20-25-39(2)27-22-29-41(4)33-35-45-43(6)31-24-37-49(45,8)9/h20-23,25-30,33-36,47-48,51H,12-19,24,31-32,37-38H2,1-11H3/b21-20+,27-22+,28-23+,35-33+,36-34+,39-25+,40-26+,41-29+,42-30+. The third kappa shape index (κ3) is 16.1. The van der Waals surface area contributed by atoms with E-state index in [-0.39, 0.29) is 16.9 Å². The SMILES string of the molecule is CCCCCCCCCCC1C(O)CC(C)=C(/C=C/C(C)=C/C=C/C(C)=C/C=C/C=C(C)/C=C/C=C(C)/C=C/C2=C(C)CCCC2(C)C)C1(C)C. The van der Waals surface area contributed by atoms with Crippen LogP contribution in [0.5, 0.6) is 0 Å². The van der Waals surface area contributed by atoms with Gasteiger partial charge in [-0.2, -0.15) is 0 Å². The number of hydrogen-bond donors (Lipinski definition) is 1. The molecule has 0 aromatic carbocycles. The molecule has 282 valence electrons. The van der Waals surface area contributed by atoms with E-state index in [0.717, 1.165) is 12.8 Å². The maximum atomic E-state index is 11.1. The summed E-state index contributed by atoms with van der Waals surface area (Å²) in [6.45, 7) is 24.8. The molecule has 2 unspecified atom stereocenters. The van der Waals surface area contributed by atoms with Crippen LogP contribution < -0.4 is 0 Å². The van der Waals surface area contributed by atoms with Crippen LogP contribution in [0.15, 0.2) is 130 Å². The molecule has 0 aromatic heterocycles. The zero-order valence-corrected chi connectivity index (χ0v) is 34.9. The molecule has 1 N–H and O–H groups in total. The Kier molecular flexibility index (Phi) is 19.9. The fourth-order valence-electron chi connectivity index (χ4n) is 7.99. The van der Waals surface area contributed by atoms with E-state index in [2.05, 4.69) is 161 Å². The summed E-state index contributed by atoms with van der Waals surface area (Å²) >= 11 is 0. The first-order valence-electron chi connectivity index (χ1n) is 20.4. The Morgan fingerprint density at radius 2 is 1.10 bits per heavy atom. The molecule has 2 atom stereocenters. The van der Waals surface area contributed by atoms with Crippen molar-refractivity contribution in [3.05, 3.63) is 130 Å². The molecule has 0 heterocycles. The molecule has 0 radical (unpaired) electrons. The zero-order chi connectivity index (χ0) is 37.9. The Morgan fingerprint density at radius 3 is 1.63 bits per heavy atom. The summed E-state index contributed by atoms with van der Waals surface area (Å²) in [7, 11) is 0. The van der Waals surface area contributed by atoms with E-state index in [1.54, 1.807) is 5.57 Å². The van der Waals surface area contributed by atoms with Crippen molar-refractivity contribution in [1.82, 2.24) is 0 Å². The van der Waals surface area contributed by atoms with Crippen LogP contribution in [0.25, 0.3) is 0 Å². The summed E-state index contributed by atoms with van der Waals surface area (Å²) in [5.74, 6) is 0.315. The van der Waals surface area contributed by atoms with Gasteiger partial charge in [0, 0.05) is 0 Å². The monoisotopic (exact) mass is 693 g/mol. The predicted molar refractivity (Wildman–Crippen MR) is 229 cm³/mol. The highest BCUT2D eigenvalue weighted by Crippen LogP contribution is 2.47. The van der Waals surface area contributed by atoms with Gasteiger partial charge in [-0.15, -0.1) is 0 Å². The van der Waals surface area contributed by atoms with Gasteiger partial charge in [-0.3, -0.25) is 0 Å². The van der Waals surface area contributed by atoms with Crippen molar-refractivity contribution in [2.24, 2.45) is 16.7 Å². The maximum absolute atomic E-state index is 11.1. The summed E-state index contributed by atoms with van der Waals surface area (Å²) in [5, 5.41) is 11.1. The molecule has 2 aliphatic carbocycles. The molecule has 0 saturated carbocycles. The van der Waals surface area contributed by atoms with Crippen LogP contribution in [0.4, 0.5) is 0 Å². The molecule has 1 heteroatoms. The molecule has 2 rings (SSSR count). The molecular formula is C50H76O. The molecule has 0 saturated heterocycles. The zero-order valence-electron chi connectivity index (χ0n) is 34.9. The fraction of sp³-hybridized carbons (Fsp3) is 0.560. The second-order valence-corrected chi connectivity index (χ2v) is 16.9. The quantitative estimate of drug-likeness (QED) is 0.106. The van der Waals surface area contributed by atoms with Crippen LogP contribution in [-0.4, -0.2) is 11.2 Å². The van der Waals surface area contributed by atoms with Crippen LogP contribution in [0.3, 0.4) is 0 Å². The van der Waals surface area contributed by atoms with Crippen LogP contribution in [0, 0.1) is 16.7 Å². The van der Waals surface area contributed by atoms with Gasteiger partial charge < -0.3 is 5.11 Å². The van der Waals surface area contributed by atoms with Gasteiger partial charge in [0.25, 0.3) is 0 Å². The highest BCUT2D eigenvalue weighted by molar-refractivity contribution is 5.40. The van der Waals surface area contributed by atoms with E-state index in [1.165, 1.54) is 110 Å². The molecule has 0 fully saturated rings. The smallest absolute Gasteiger partial charge is 0.0613 e. The summed E-state index contributed by atoms with van der Waals surface area (Å²) < 4.78 is 0. The van der Waals surface area contributed by atoms with Gasteiger partial charge in [-0.05, 0) is 102 Å². The van der Waals surface area contributed by atoms with Crippen molar-refractivity contribution < 1.29 is 5.11 Å². The lowest BCUT2D eigenvalue weighted by molar-refractivity contribution is 0.0333. The van der Waals surface area contributed by atoms with Crippen molar-refractivity contribution >= 4 is 0 Å². The molecule has 0 aliphatic heterocycles. The summed E-state index contributed by atoms with van der Waals surface area (Å²) in [6.07, 6.45) is 46.8. The minimum Gasteiger partial charge on any atom is -0.392 e. The van der Waals surface area contributed by atoms with Gasteiger partial charge in [0.2, 0.25) is 0 Å². The van der Waals surface area contributed by atoms with E-state index in [9.17, 15) is 5.11 Å². The van der Waals surface area contributed by atoms with Crippen LogP contribution in [0.1, 0.15) is 160 Å². The fourth-order valence-corrected chi connectivity index (χ4v) is 7.99. The predicted octanol–water partition coefficient (Wildman–Crippen LogP) is 15.3. The average molecular weight is 693 g/mol. The molecule has 0 amide bonds. The maximum Gasteiger partial charge on any atom is 0.0613 e. The normalized spacial score (nSPS) is 22.7. The number of aliphatic hydroxyl groups excluding tert-OH is 1. The van der Waals surface area contributed by atoms with Crippen LogP contribution in [0.2, 0.25) is 0 Å². The lowest BCUT2D eigenvalue weighted by atomic mass is 9.62. The number of unbranched alkanes of at least 4 members (excludes halogenated alkanes) is 7.